The van der Waals surface area contributed by atoms with Gasteiger partial charge in [0.2, 0.25) is 0 Å². The molecule has 0 bridgehead atoms. The maximum atomic E-state index is 12.8. The normalized spacial score (nSPS) is 15.3. The molecule has 150 valence electrons. The lowest BCUT2D eigenvalue weighted by Crippen LogP contribution is -2.38. The van der Waals surface area contributed by atoms with Crippen molar-refractivity contribution >= 4 is 40.7 Å². The van der Waals surface area contributed by atoms with Gasteiger partial charge in [-0.3, -0.25) is 0 Å². The van der Waals surface area contributed by atoms with Gasteiger partial charge in [0.25, 0.3) is 0 Å². The van der Waals surface area contributed by atoms with Crippen molar-refractivity contribution in [3.8, 4) is 0 Å². The van der Waals surface area contributed by atoms with Crippen LogP contribution in [0.5, 0.6) is 0 Å². The second-order valence-corrected chi connectivity index (χ2v) is 7.14. The van der Waals surface area contributed by atoms with E-state index < -0.39 is 11.7 Å². The van der Waals surface area contributed by atoms with Gasteiger partial charge in [-0.15, -0.1) is 0 Å². The second kappa shape index (κ2) is 8.45. The first-order chi connectivity index (χ1) is 13.2. The standard InChI is InChI=1S/C18H17Cl2F3N4O/c19-13-2-4-14(5-3-13)25-17(28)27-7-1-6-26(8-9-27)16-15(20)10-12(11-24-16)18(21,22)23/h2-5,10-11H,1,6-9H2,(H,25,28). The maximum absolute atomic E-state index is 12.8. The molecule has 2 aromatic rings. The van der Waals surface area contributed by atoms with E-state index in [1.807, 2.05) is 0 Å². The quantitative estimate of drug-likeness (QED) is 0.713. The molecule has 2 amide bonds. The topological polar surface area (TPSA) is 48.5 Å². The molecule has 1 saturated heterocycles. The van der Waals surface area contributed by atoms with Crippen molar-refractivity contribution in [1.29, 1.82) is 0 Å². The van der Waals surface area contributed by atoms with Gasteiger partial charge in [-0.05, 0) is 36.8 Å². The number of nitrogens with one attached hydrogen (secondary N) is 1. The summed E-state index contributed by atoms with van der Waals surface area (Å²) in [6, 6.07) is 7.39. The number of benzene rings is 1. The summed E-state index contributed by atoms with van der Waals surface area (Å²) in [5.74, 6) is 0.287. The van der Waals surface area contributed by atoms with Crippen molar-refractivity contribution in [2.45, 2.75) is 12.6 Å². The molecule has 0 atom stereocenters. The minimum Gasteiger partial charge on any atom is -0.354 e. The van der Waals surface area contributed by atoms with E-state index in [9.17, 15) is 18.0 Å². The zero-order valence-electron chi connectivity index (χ0n) is 14.6. The number of amides is 2. The lowest BCUT2D eigenvalue weighted by Gasteiger charge is -2.24. The Morgan fingerprint density at radius 1 is 1.07 bits per heavy atom. The highest BCUT2D eigenvalue weighted by Crippen LogP contribution is 2.33. The summed E-state index contributed by atoms with van der Waals surface area (Å²) < 4.78 is 38.3. The number of hydrogen-bond donors (Lipinski definition) is 1. The van der Waals surface area contributed by atoms with Gasteiger partial charge in [0.1, 0.15) is 5.82 Å². The molecular formula is C18H17Cl2F3N4O. The van der Waals surface area contributed by atoms with E-state index in [2.05, 4.69) is 10.3 Å². The fourth-order valence-corrected chi connectivity index (χ4v) is 3.30. The number of aromatic nitrogens is 1. The highest BCUT2D eigenvalue weighted by atomic mass is 35.5. The molecule has 0 radical (unpaired) electrons. The minimum atomic E-state index is -4.50. The highest BCUT2D eigenvalue weighted by molar-refractivity contribution is 6.33. The molecule has 1 aliphatic heterocycles. The van der Waals surface area contributed by atoms with E-state index in [-0.39, 0.29) is 16.9 Å². The van der Waals surface area contributed by atoms with Gasteiger partial charge in [0.15, 0.2) is 0 Å². The largest absolute Gasteiger partial charge is 0.417 e. The molecule has 3 rings (SSSR count). The third kappa shape index (κ3) is 4.99. The van der Waals surface area contributed by atoms with Crippen LogP contribution in [0.3, 0.4) is 0 Å². The smallest absolute Gasteiger partial charge is 0.354 e. The summed E-state index contributed by atoms with van der Waals surface area (Å²) in [7, 11) is 0. The first-order valence-corrected chi connectivity index (χ1v) is 9.29. The Morgan fingerprint density at radius 2 is 1.79 bits per heavy atom. The number of carbonyl (C=O) groups excluding carboxylic acids is 1. The summed E-state index contributed by atoms with van der Waals surface area (Å²) in [4.78, 5) is 19.8. The molecule has 1 aliphatic rings. The molecule has 10 heteroatoms. The van der Waals surface area contributed by atoms with Crippen LogP contribution in [0, 0.1) is 0 Å². The lowest BCUT2D eigenvalue weighted by atomic mass is 10.2. The number of rotatable bonds is 2. The summed E-state index contributed by atoms with van der Waals surface area (Å²) in [6.07, 6.45) is -3.09. The van der Waals surface area contributed by atoms with Crippen LogP contribution in [0.1, 0.15) is 12.0 Å². The molecule has 1 aromatic heterocycles. The third-order valence-electron chi connectivity index (χ3n) is 4.33. The Kier molecular flexibility index (Phi) is 6.20. The first-order valence-electron chi connectivity index (χ1n) is 8.53. The van der Waals surface area contributed by atoms with Gasteiger partial charge in [0, 0.05) is 43.1 Å². The fraction of sp³-hybridized carbons (Fsp3) is 0.333. The van der Waals surface area contributed by atoms with E-state index in [0.717, 1.165) is 12.3 Å². The minimum absolute atomic E-state index is 0.0612. The fourth-order valence-electron chi connectivity index (χ4n) is 2.89. The number of hydrogen-bond acceptors (Lipinski definition) is 3. The Bertz CT molecular complexity index is 846. The van der Waals surface area contributed by atoms with Gasteiger partial charge in [-0.2, -0.15) is 13.2 Å². The van der Waals surface area contributed by atoms with Crippen molar-refractivity contribution in [2.75, 3.05) is 36.4 Å². The average Bonchev–Trinajstić information content (AvgIpc) is 2.89. The molecule has 1 fully saturated rings. The van der Waals surface area contributed by atoms with Gasteiger partial charge in [-0.1, -0.05) is 23.2 Å². The Morgan fingerprint density at radius 3 is 2.43 bits per heavy atom. The van der Waals surface area contributed by atoms with Crippen LogP contribution < -0.4 is 10.2 Å². The predicted octanol–water partition coefficient (Wildman–Crippen LogP) is 5.15. The maximum Gasteiger partial charge on any atom is 0.417 e. The van der Waals surface area contributed by atoms with Crippen LogP contribution in [0.15, 0.2) is 36.5 Å². The molecule has 0 spiro atoms. The summed E-state index contributed by atoms with van der Waals surface area (Å²) in [5.41, 5.74) is -0.261. The van der Waals surface area contributed by atoms with E-state index in [0.29, 0.717) is 43.3 Å². The molecule has 1 aromatic carbocycles. The zero-order chi connectivity index (χ0) is 20.3. The van der Waals surface area contributed by atoms with Crippen molar-refractivity contribution in [3.63, 3.8) is 0 Å². The average molecular weight is 433 g/mol. The van der Waals surface area contributed by atoms with Crippen LogP contribution >= 0.6 is 23.2 Å². The summed E-state index contributed by atoms with van der Waals surface area (Å²) in [6.45, 7) is 1.83. The van der Waals surface area contributed by atoms with E-state index in [1.165, 1.54) is 0 Å². The molecule has 5 nitrogen and oxygen atoms in total. The molecular weight excluding hydrogens is 416 g/mol. The van der Waals surface area contributed by atoms with Crippen LogP contribution in [0.2, 0.25) is 10.0 Å². The summed E-state index contributed by atoms with van der Waals surface area (Å²) >= 11 is 11.9. The SMILES string of the molecule is O=C(Nc1ccc(Cl)cc1)N1CCCN(c2ncc(C(F)(F)F)cc2Cl)CC1. The van der Waals surface area contributed by atoms with Gasteiger partial charge < -0.3 is 15.1 Å². The Hall–Kier alpha value is -2.19. The number of halogens is 5. The number of nitrogens with zero attached hydrogens (tertiary/aromatic N) is 3. The first kappa shape index (κ1) is 20.5. The monoisotopic (exact) mass is 432 g/mol. The number of urea groups is 1. The van der Waals surface area contributed by atoms with Gasteiger partial charge in [0.05, 0.1) is 10.6 Å². The number of alkyl halides is 3. The second-order valence-electron chi connectivity index (χ2n) is 6.29. The highest BCUT2D eigenvalue weighted by Gasteiger charge is 2.32. The molecule has 0 unspecified atom stereocenters. The van der Waals surface area contributed by atoms with Crippen LogP contribution in [0.4, 0.5) is 29.5 Å². The molecule has 0 saturated carbocycles. The molecule has 28 heavy (non-hydrogen) atoms. The van der Waals surface area contributed by atoms with Crippen molar-refractivity contribution in [2.24, 2.45) is 0 Å². The van der Waals surface area contributed by atoms with Gasteiger partial charge >= 0.3 is 12.2 Å². The van der Waals surface area contributed by atoms with Gasteiger partial charge in [-0.25, -0.2) is 9.78 Å². The number of anilines is 2. The third-order valence-corrected chi connectivity index (χ3v) is 4.86. The van der Waals surface area contributed by atoms with Crippen LogP contribution in [0.25, 0.3) is 0 Å². The van der Waals surface area contributed by atoms with Crippen molar-refractivity contribution < 1.29 is 18.0 Å². The number of pyridine rings is 1. The lowest BCUT2D eigenvalue weighted by molar-refractivity contribution is -0.137. The molecule has 0 aliphatic carbocycles. The predicted molar refractivity (Wildman–Crippen MR) is 103 cm³/mol. The van der Waals surface area contributed by atoms with E-state index in [4.69, 9.17) is 23.2 Å². The van der Waals surface area contributed by atoms with Crippen molar-refractivity contribution in [3.05, 3.63) is 52.1 Å². The summed E-state index contributed by atoms with van der Waals surface area (Å²) in [5, 5.41) is 3.31. The van der Waals surface area contributed by atoms with E-state index in [1.54, 1.807) is 34.1 Å². The van der Waals surface area contributed by atoms with Crippen LogP contribution in [-0.4, -0.2) is 42.1 Å². The molecule has 2 heterocycles. The van der Waals surface area contributed by atoms with Crippen molar-refractivity contribution in [1.82, 2.24) is 9.88 Å². The van der Waals surface area contributed by atoms with E-state index >= 15 is 0 Å². The molecule has 1 N–H and O–H groups in total. The van der Waals surface area contributed by atoms with Crippen LogP contribution in [-0.2, 0) is 6.18 Å². The zero-order valence-corrected chi connectivity index (χ0v) is 16.2. The number of carbonyl (C=O) groups is 1. The Balaban J connectivity index is 1.64. The Labute approximate surface area is 170 Å².